The van der Waals surface area contributed by atoms with Crippen LogP contribution in [-0.2, 0) is 35.2 Å². The normalized spacial score (nSPS) is 17.4. The van der Waals surface area contributed by atoms with E-state index in [0.29, 0.717) is 30.0 Å². The van der Waals surface area contributed by atoms with Crippen LogP contribution in [0.3, 0.4) is 0 Å². The number of phenolic OH excluding ortho intramolecular Hbond substituents is 2. The maximum atomic E-state index is 14.5. The minimum absolute atomic E-state index is 0.0566. The monoisotopic (exact) mass is 854 g/mol. The molecule has 17 heteroatoms. The topological polar surface area (TPSA) is 258 Å². The first-order valence-corrected chi connectivity index (χ1v) is 19.8. The molecule has 0 aromatic heterocycles. The molecule has 5 atom stereocenters. The average Bonchev–Trinajstić information content (AvgIpc) is 3.23. The predicted molar refractivity (Wildman–Crippen MR) is 225 cm³/mol. The van der Waals surface area contributed by atoms with Crippen LogP contribution in [0.1, 0.15) is 60.6 Å². The van der Waals surface area contributed by atoms with Crippen LogP contribution in [0.4, 0.5) is 0 Å². The molecule has 4 aromatic rings. The lowest BCUT2D eigenvalue weighted by Crippen LogP contribution is -2.57. The van der Waals surface area contributed by atoms with Gasteiger partial charge in [-0.3, -0.25) is 28.8 Å². The summed E-state index contributed by atoms with van der Waals surface area (Å²) in [6, 6.07) is 15.5. The molecule has 0 saturated heterocycles. The van der Waals surface area contributed by atoms with Crippen LogP contribution in [0, 0.1) is 0 Å². The van der Waals surface area contributed by atoms with Gasteiger partial charge >= 0.3 is 5.97 Å². The van der Waals surface area contributed by atoms with Gasteiger partial charge in [-0.15, -0.1) is 0 Å². The fourth-order valence-corrected chi connectivity index (χ4v) is 7.03. The third-order valence-electron chi connectivity index (χ3n) is 10.3. The van der Waals surface area contributed by atoms with Gasteiger partial charge in [0.1, 0.15) is 35.7 Å². The highest BCUT2D eigenvalue weighted by Gasteiger charge is 2.36. The van der Waals surface area contributed by atoms with E-state index in [2.05, 4.69) is 21.3 Å². The zero-order chi connectivity index (χ0) is 44.5. The maximum absolute atomic E-state index is 14.5. The molecule has 1 heterocycles. The lowest BCUT2D eigenvalue weighted by atomic mass is 9.93. The summed E-state index contributed by atoms with van der Waals surface area (Å²) in [4.78, 5) is 94.0. The Morgan fingerprint density at radius 1 is 0.836 bits per heavy atom. The Balaban J connectivity index is 1.49. The molecule has 1 aliphatic rings. The standard InChI is InChI=1S/C44H47ClN6O10/c1-23(38(54)44(60)61)47-41(57)34-21-25-7-17-35(52)31(20-25)32-22-29(14-18-36(32)53)37(42(58)48-24(2)39(55)50-34)51(3)43(59)33(6-4-5-19-46)49-40(56)28-10-8-26(9-11-28)27-12-15-30(45)16-13-27/h7-18,20,22-24,33-34,37,52-53H,4-6,19,21,46H2,1-3H3,(H,47,57)(H,48,58)(H,49,56)(H,50,55)(H,60,61)/t23-,24-,33-,34-,37-/m0/s1. The van der Waals surface area contributed by atoms with Crippen molar-refractivity contribution in [2.75, 3.05) is 13.6 Å². The third-order valence-corrected chi connectivity index (χ3v) is 10.6. The summed E-state index contributed by atoms with van der Waals surface area (Å²) >= 11 is 6.03. The number of nitrogens with zero attached hydrogens (tertiary/aromatic N) is 1. The first-order chi connectivity index (χ1) is 29.0. The number of phenols is 2. The van der Waals surface area contributed by atoms with Crippen LogP contribution in [0.25, 0.3) is 22.3 Å². The van der Waals surface area contributed by atoms with Crippen LogP contribution in [0.5, 0.6) is 11.5 Å². The molecule has 61 heavy (non-hydrogen) atoms. The number of unbranched alkanes of at least 4 members (excludes halogenated alkanes) is 1. The number of nitrogens with one attached hydrogen (secondary N) is 4. The van der Waals surface area contributed by atoms with Crippen molar-refractivity contribution < 1.29 is 48.9 Å². The minimum Gasteiger partial charge on any atom is -0.507 e. The number of likely N-dealkylation sites (N-methyl/N-ethyl adjacent to an activating group) is 1. The van der Waals surface area contributed by atoms with Gasteiger partial charge in [-0.25, -0.2) is 4.79 Å². The van der Waals surface area contributed by atoms with Crippen LogP contribution < -0.4 is 27.0 Å². The fourth-order valence-electron chi connectivity index (χ4n) is 6.90. The Morgan fingerprint density at radius 3 is 2.07 bits per heavy atom. The van der Waals surface area contributed by atoms with Crippen molar-refractivity contribution in [3.05, 3.63) is 107 Å². The molecule has 16 nitrogen and oxygen atoms in total. The number of halogens is 1. The van der Waals surface area contributed by atoms with E-state index in [9.17, 15) is 43.8 Å². The summed E-state index contributed by atoms with van der Waals surface area (Å²) in [5, 5.41) is 42.0. The van der Waals surface area contributed by atoms with Crippen LogP contribution in [-0.4, -0.2) is 99.3 Å². The number of Topliss-reactive ketones (excluding diaryl/α,β-unsaturated/α-hetero) is 1. The molecule has 0 spiro atoms. The summed E-state index contributed by atoms with van der Waals surface area (Å²) in [5.41, 5.74) is 8.43. The number of fused-ring (bicyclic) bond motifs is 5. The number of hydrogen-bond donors (Lipinski definition) is 8. The van der Waals surface area contributed by atoms with E-state index in [0.717, 1.165) is 16.0 Å². The Morgan fingerprint density at radius 2 is 1.44 bits per heavy atom. The summed E-state index contributed by atoms with van der Waals surface area (Å²) in [6.07, 6.45) is 0.919. The van der Waals surface area contributed by atoms with Crippen molar-refractivity contribution in [3.63, 3.8) is 0 Å². The molecule has 0 saturated carbocycles. The smallest absolute Gasteiger partial charge is 0.374 e. The first kappa shape index (κ1) is 45.3. The number of aromatic hydroxyl groups is 2. The number of hydrogen-bond acceptors (Lipinski definition) is 10. The first-order valence-electron chi connectivity index (χ1n) is 19.5. The highest BCUT2D eigenvalue weighted by Crippen LogP contribution is 2.39. The highest BCUT2D eigenvalue weighted by atomic mass is 35.5. The second-order valence-electron chi connectivity index (χ2n) is 14.8. The molecule has 1 aliphatic heterocycles. The number of benzene rings is 4. The second-order valence-corrected chi connectivity index (χ2v) is 15.2. The SMILES string of the molecule is C[C@@H]1NC(=O)[C@@H](N(C)C(=O)[C@H](CCCCN)NC(=O)c2ccc(-c3ccc(Cl)cc3)cc2)c2ccc(O)c(c2)-c2cc(ccc2O)C[C@@H](C(=O)N[C@@H](C)C(=O)C(=O)O)NC1=O. The molecule has 4 bridgehead atoms. The number of ketones is 1. The summed E-state index contributed by atoms with van der Waals surface area (Å²) < 4.78 is 0. The largest absolute Gasteiger partial charge is 0.507 e. The molecule has 0 fully saturated rings. The van der Waals surface area contributed by atoms with Gasteiger partial charge in [0.2, 0.25) is 23.6 Å². The Labute approximate surface area is 356 Å². The number of nitrogens with two attached hydrogens (primary N) is 1. The minimum atomic E-state index is -1.77. The highest BCUT2D eigenvalue weighted by molar-refractivity contribution is 6.35. The molecule has 4 aromatic carbocycles. The van der Waals surface area contributed by atoms with Gasteiger partial charge in [0, 0.05) is 35.2 Å². The molecule has 0 aliphatic carbocycles. The molecule has 5 amide bonds. The zero-order valence-corrected chi connectivity index (χ0v) is 34.4. The van der Waals surface area contributed by atoms with E-state index in [1.54, 1.807) is 36.4 Å². The van der Waals surface area contributed by atoms with Gasteiger partial charge in [0.05, 0.1) is 6.04 Å². The lowest BCUT2D eigenvalue weighted by molar-refractivity contribution is -0.150. The van der Waals surface area contributed by atoms with E-state index in [1.807, 2.05) is 12.1 Å². The molecule has 0 radical (unpaired) electrons. The number of carbonyl (C=O) groups is 7. The number of carboxylic acids is 1. The number of amides is 5. The van der Waals surface area contributed by atoms with Gasteiger partial charge < -0.3 is 47.2 Å². The fraction of sp³-hybridized carbons (Fsp3) is 0.295. The molecular formula is C44H47ClN6O10. The van der Waals surface area contributed by atoms with Gasteiger partial charge in [-0.05, 0) is 110 Å². The Bertz CT molecular complexity index is 2320. The molecular weight excluding hydrogens is 808 g/mol. The molecule has 0 unspecified atom stereocenters. The van der Waals surface area contributed by atoms with Crippen molar-refractivity contribution in [2.24, 2.45) is 5.73 Å². The zero-order valence-electron chi connectivity index (χ0n) is 33.6. The molecule has 320 valence electrons. The molecule has 5 rings (SSSR count). The maximum Gasteiger partial charge on any atom is 0.374 e. The van der Waals surface area contributed by atoms with E-state index >= 15 is 0 Å². The summed E-state index contributed by atoms with van der Waals surface area (Å²) in [7, 11) is 1.36. The number of carboxylic acid groups (broad SMARTS) is 1. The van der Waals surface area contributed by atoms with Crippen LogP contribution in [0.2, 0.25) is 5.02 Å². The predicted octanol–water partition coefficient (Wildman–Crippen LogP) is 3.22. The van der Waals surface area contributed by atoms with Crippen molar-refractivity contribution >= 4 is 52.9 Å². The number of carbonyl (C=O) groups excluding carboxylic acids is 6. The van der Waals surface area contributed by atoms with Crippen molar-refractivity contribution in [3.8, 4) is 33.8 Å². The van der Waals surface area contributed by atoms with E-state index in [1.165, 1.54) is 57.3 Å². The second kappa shape index (κ2) is 20.0. The van der Waals surface area contributed by atoms with Crippen molar-refractivity contribution in [1.82, 2.24) is 26.2 Å². The van der Waals surface area contributed by atoms with Crippen LogP contribution in [0.15, 0.2) is 84.9 Å². The van der Waals surface area contributed by atoms with Crippen molar-refractivity contribution in [1.29, 1.82) is 0 Å². The van der Waals surface area contributed by atoms with Gasteiger partial charge in [0.25, 0.3) is 11.7 Å². The van der Waals surface area contributed by atoms with E-state index < -0.39 is 71.5 Å². The Kier molecular flexibility index (Phi) is 14.8. The summed E-state index contributed by atoms with van der Waals surface area (Å²) in [5.74, 6) is -7.48. The number of aliphatic carboxylic acids is 1. The quantitative estimate of drug-likeness (QED) is 0.0716. The van der Waals surface area contributed by atoms with Gasteiger partial charge in [0.15, 0.2) is 0 Å². The Hall–Kier alpha value is -6.78. The van der Waals surface area contributed by atoms with Gasteiger partial charge in [-0.1, -0.05) is 48.0 Å². The average molecular weight is 855 g/mol. The van der Waals surface area contributed by atoms with Crippen LogP contribution >= 0.6 is 11.6 Å². The molecule has 9 N–H and O–H groups in total. The van der Waals surface area contributed by atoms with E-state index in [-0.39, 0.29) is 46.6 Å². The summed E-state index contributed by atoms with van der Waals surface area (Å²) in [6.45, 7) is 2.84. The third kappa shape index (κ3) is 11.1. The van der Waals surface area contributed by atoms with Crippen molar-refractivity contribution in [2.45, 2.75) is 69.7 Å². The lowest BCUT2D eigenvalue weighted by Gasteiger charge is -2.32. The number of rotatable bonds is 13. The van der Waals surface area contributed by atoms with Gasteiger partial charge in [-0.2, -0.15) is 0 Å². The van der Waals surface area contributed by atoms with E-state index in [4.69, 9.17) is 22.4 Å².